The zero-order chi connectivity index (χ0) is 10.3. The second-order valence-electron chi connectivity index (χ2n) is 3.65. The molecule has 13 heavy (non-hydrogen) atoms. The van der Waals surface area contributed by atoms with Crippen LogP contribution in [0.25, 0.3) is 0 Å². The Balaban J connectivity index is 4.02. The number of hydrogen-bond acceptors (Lipinski definition) is 1. The number of hydrogen-bond donors (Lipinski definition) is 1. The third kappa shape index (κ3) is 5.14. The summed E-state index contributed by atoms with van der Waals surface area (Å²) in [4.78, 5) is 11.3. The van der Waals surface area contributed by atoms with Gasteiger partial charge in [0.25, 0.3) is 0 Å². The van der Waals surface area contributed by atoms with Crippen LogP contribution in [0.4, 0.5) is 0 Å². The fourth-order valence-corrected chi connectivity index (χ4v) is 1.58. The van der Waals surface area contributed by atoms with Gasteiger partial charge in [-0.1, -0.05) is 13.8 Å². The van der Waals surface area contributed by atoms with E-state index in [9.17, 15) is 4.79 Å². The van der Waals surface area contributed by atoms with Gasteiger partial charge >= 0.3 is 0 Å². The molecule has 2 nitrogen and oxygen atoms in total. The summed E-state index contributed by atoms with van der Waals surface area (Å²) >= 11 is 5.67. The fourth-order valence-electron chi connectivity index (χ4n) is 1.16. The molecule has 0 aromatic heterocycles. The lowest BCUT2D eigenvalue weighted by Crippen LogP contribution is -2.45. The van der Waals surface area contributed by atoms with E-state index in [2.05, 4.69) is 12.2 Å². The molecular weight excluding hydrogens is 186 g/mol. The fraction of sp³-hybridized carbons (Fsp3) is 0.900. The quantitative estimate of drug-likeness (QED) is 0.664. The summed E-state index contributed by atoms with van der Waals surface area (Å²) in [6.45, 7) is 6.12. The molecule has 78 valence electrons. The van der Waals surface area contributed by atoms with Gasteiger partial charge in [-0.15, -0.1) is 11.6 Å². The molecule has 0 radical (unpaired) electrons. The van der Waals surface area contributed by atoms with Crippen LogP contribution in [0.15, 0.2) is 0 Å². The van der Waals surface area contributed by atoms with Gasteiger partial charge in [0, 0.05) is 17.8 Å². The van der Waals surface area contributed by atoms with E-state index in [-0.39, 0.29) is 11.4 Å². The molecular formula is C10H20ClNO. The normalized spacial score (nSPS) is 15.1. The first-order chi connectivity index (χ1) is 6.08. The highest BCUT2D eigenvalue weighted by Gasteiger charge is 2.22. The lowest BCUT2D eigenvalue weighted by molar-refractivity contribution is -0.122. The molecule has 0 aromatic rings. The summed E-state index contributed by atoms with van der Waals surface area (Å²) in [6, 6.07) is 0. The van der Waals surface area contributed by atoms with Gasteiger partial charge in [-0.25, -0.2) is 0 Å². The van der Waals surface area contributed by atoms with E-state index >= 15 is 0 Å². The van der Waals surface area contributed by atoms with Crippen LogP contribution in [0.5, 0.6) is 0 Å². The molecule has 0 fully saturated rings. The summed E-state index contributed by atoms with van der Waals surface area (Å²) in [7, 11) is 0. The van der Waals surface area contributed by atoms with Crippen molar-refractivity contribution in [1.82, 2.24) is 5.32 Å². The maximum Gasteiger partial charge on any atom is 0.220 e. The number of nitrogens with one attached hydrogen (secondary N) is 1. The average molecular weight is 206 g/mol. The van der Waals surface area contributed by atoms with Crippen molar-refractivity contribution < 1.29 is 4.79 Å². The minimum Gasteiger partial charge on any atom is -0.351 e. The highest BCUT2D eigenvalue weighted by atomic mass is 35.5. The number of amides is 1. The first-order valence-electron chi connectivity index (χ1n) is 4.95. The minimum absolute atomic E-state index is 0.117. The Bertz CT molecular complexity index is 161. The molecule has 0 heterocycles. The Morgan fingerprint density at radius 1 is 1.46 bits per heavy atom. The van der Waals surface area contributed by atoms with Gasteiger partial charge in [-0.2, -0.15) is 0 Å². The smallest absolute Gasteiger partial charge is 0.220 e. The molecule has 0 rings (SSSR count). The third-order valence-corrected chi connectivity index (χ3v) is 2.53. The maximum atomic E-state index is 11.3. The molecule has 0 aliphatic heterocycles. The van der Waals surface area contributed by atoms with Crippen LogP contribution < -0.4 is 5.32 Å². The lowest BCUT2D eigenvalue weighted by Gasteiger charge is -2.28. The van der Waals surface area contributed by atoms with E-state index in [4.69, 9.17) is 11.6 Å². The molecule has 0 spiro atoms. The van der Waals surface area contributed by atoms with Crippen LogP contribution in [-0.4, -0.2) is 17.3 Å². The maximum absolute atomic E-state index is 11.3. The standard InChI is InChI=1S/C10H20ClNO/c1-4-6-9(13)12-10(3,5-2)7-8-11/h4-8H2,1-3H3,(H,12,13). The Hall–Kier alpha value is -0.240. The molecule has 0 aromatic carbocycles. The van der Waals surface area contributed by atoms with Gasteiger partial charge in [-0.3, -0.25) is 4.79 Å². The van der Waals surface area contributed by atoms with E-state index in [0.29, 0.717) is 12.3 Å². The number of carbonyl (C=O) groups is 1. The molecule has 0 saturated heterocycles. The SMILES string of the molecule is CCCC(=O)NC(C)(CC)CCCl. The summed E-state index contributed by atoms with van der Waals surface area (Å²) in [5, 5.41) is 3.02. The van der Waals surface area contributed by atoms with Gasteiger partial charge in [-0.05, 0) is 26.2 Å². The summed E-state index contributed by atoms with van der Waals surface area (Å²) in [6.07, 6.45) is 3.26. The van der Waals surface area contributed by atoms with Crippen LogP contribution in [0.1, 0.15) is 46.5 Å². The van der Waals surface area contributed by atoms with Gasteiger partial charge in [0.05, 0.1) is 0 Å². The zero-order valence-corrected chi connectivity index (χ0v) is 9.58. The zero-order valence-electron chi connectivity index (χ0n) is 8.82. The molecule has 0 saturated carbocycles. The molecule has 1 N–H and O–H groups in total. The van der Waals surface area contributed by atoms with E-state index in [1.54, 1.807) is 0 Å². The van der Waals surface area contributed by atoms with Crippen molar-refractivity contribution in [3.05, 3.63) is 0 Å². The first kappa shape index (κ1) is 12.8. The topological polar surface area (TPSA) is 29.1 Å². The predicted octanol–water partition coefficient (Wildman–Crippen LogP) is 2.70. The highest BCUT2D eigenvalue weighted by Crippen LogP contribution is 2.15. The van der Waals surface area contributed by atoms with E-state index in [0.717, 1.165) is 19.3 Å². The van der Waals surface area contributed by atoms with Gasteiger partial charge in [0.1, 0.15) is 0 Å². The van der Waals surface area contributed by atoms with Crippen molar-refractivity contribution in [3.63, 3.8) is 0 Å². The Labute approximate surface area is 86.0 Å². The minimum atomic E-state index is -0.117. The van der Waals surface area contributed by atoms with E-state index < -0.39 is 0 Å². The van der Waals surface area contributed by atoms with Crippen LogP contribution in [0.2, 0.25) is 0 Å². The third-order valence-electron chi connectivity index (χ3n) is 2.34. The lowest BCUT2D eigenvalue weighted by atomic mass is 9.95. The molecule has 0 aliphatic carbocycles. The summed E-state index contributed by atoms with van der Waals surface area (Å²) in [5.74, 6) is 0.730. The molecule has 0 aliphatic rings. The second-order valence-corrected chi connectivity index (χ2v) is 4.03. The van der Waals surface area contributed by atoms with Crippen LogP contribution in [0.3, 0.4) is 0 Å². The number of alkyl halides is 1. The second kappa shape index (κ2) is 6.25. The van der Waals surface area contributed by atoms with Gasteiger partial charge < -0.3 is 5.32 Å². The molecule has 3 heteroatoms. The van der Waals surface area contributed by atoms with Crippen LogP contribution in [0, 0.1) is 0 Å². The molecule has 1 unspecified atom stereocenters. The Morgan fingerprint density at radius 3 is 2.46 bits per heavy atom. The van der Waals surface area contributed by atoms with Crippen molar-refractivity contribution in [2.75, 3.05) is 5.88 Å². The summed E-state index contributed by atoms with van der Waals surface area (Å²) in [5.41, 5.74) is -0.117. The van der Waals surface area contributed by atoms with E-state index in [1.807, 2.05) is 13.8 Å². The predicted molar refractivity (Wildman–Crippen MR) is 57.1 cm³/mol. The molecule has 1 amide bonds. The molecule has 0 bridgehead atoms. The van der Waals surface area contributed by atoms with Crippen LogP contribution >= 0.6 is 11.6 Å². The van der Waals surface area contributed by atoms with Gasteiger partial charge in [0.2, 0.25) is 5.91 Å². The Morgan fingerprint density at radius 2 is 2.08 bits per heavy atom. The first-order valence-corrected chi connectivity index (χ1v) is 5.48. The number of halogens is 1. The van der Waals surface area contributed by atoms with Crippen molar-refractivity contribution in [1.29, 1.82) is 0 Å². The average Bonchev–Trinajstić information content (AvgIpc) is 2.05. The highest BCUT2D eigenvalue weighted by molar-refractivity contribution is 6.17. The largest absolute Gasteiger partial charge is 0.351 e. The number of carbonyl (C=O) groups excluding carboxylic acids is 1. The van der Waals surface area contributed by atoms with Crippen molar-refractivity contribution >= 4 is 17.5 Å². The van der Waals surface area contributed by atoms with Crippen LogP contribution in [-0.2, 0) is 4.79 Å². The Kier molecular flexibility index (Phi) is 6.13. The van der Waals surface area contributed by atoms with Crippen molar-refractivity contribution in [2.45, 2.75) is 52.0 Å². The van der Waals surface area contributed by atoms with Gasteiger partial charge in [0.15, 0.2) is 0 Å². The molecule has 1 atom stereocenters. The van der Waals surface area contributed by atoms with Crippen molar-refractivity contribution in [3.8, 4) is 0 Å². The summed E-state index contributed by atoms with van der Waals surface area (Å²) < 4.78 is 0. The number of rotatable bonds is 6. The van der Waals surface area contributed by atoms with E-state index in [1.165, 1.54) is 0 Å². The monoisotopic (exact) mass is 205 g/mol. The van der Waals surface area contributed by atoms with Crippen molar-refractivity contribution in [2.24, 2.45) is 0 Å².